The fourth-order valence-corrected chi connectivity index (χ4v) is 18.7. The van der Waals surface area contributed by atoms with Gasteiger partial charge in [0.15, 0.2) is 28.2 Å². The predicted octanol–water partition coefficient (Wildman–Crippen LogP) is 15.3. The number of halogens is 3. The van der Waals surface area contributed by atoms with Crippen LogP contribution < -0.4 is 20.3 Å². The van der Waals surface area contributed by atoms with Crippen LogP contribution in [-0.4, -0.2) is 217 Å². The van der Waals surface area contributed by atoms with Crippen molar-refractivity contribution in [2.24, 2.45) is 0 Å². The summed E-state index contributed by atoms with van der Waals surface area (Å²) in [5.74, 6) is -1.63. The van der Waals surface area contributed by atoms with Gasteiger partial charge < -0.3 is 19.5 Å². The lowest BCUT2D eigenvalue weighted by atomic mass is 9.81. The number of fused-ring (bicyclic) bond motifs is 15. The maximum atomic E-state index is 13.2. The van der Waals surface area contributed by atoms with Crippen molar-refractivity contribution in [3.05, 3.63) is 408 Å². The molecule has 34 nitrogen and oxygen atoms in total. The van der Waals surface area contributed by atoms with Gasteiger partial charge in [0.05, 0.1) is 128 Å². The first-order valence-electron chi connectivity index (χ1n) is 46.0. The molecule has 0 spiro atoms. The van der Waals surface area contributed by atoms with Crippen molar-refractivity contribution in [3.63, 3.8) is 0 Å². The number of rotatable bonds is 22. The lowest BCUT2D eigenvalue weighted by molar-refractivity contribution is 0.0641. The number of ether oxygens (including phenoxy) is 2. The third-order valence-corrected chi connectivity index (χ3v) is 26.2. The van der Waals surface area contributed by atoms with E-state index in [0.717, 1.165) is 62.2 Å². The van der Waals surface area contributed by atoms with Crippen molar-refractivity contribution in [3.8, 4) is 22.8 Å². The Morgan fingerprint density at radius 1 is 0.349 bits per heavy atom. The highest BCUT2D eigenvalue weighted by Gasteiger charge is 2.43. The summed E-state index contributed by atoms with van der Waals surface area (Å²) in [5, 5.41) is 52.8. The molecule has 10 amide bonds. The Bertz CT molecular complexity index is 8140. The Morgan fingerprint density at radius 3 is 1.20 bits per heavy atom. The van der Waals surface area contributed by atoms with Crippen LogP contribution in [0.2, 0.25) is 0 Å². The number of H-pyrrole nitrogens is 3. The van der Waals surface area contributed by atoms with Crippen molar-refractivity contribution in [2.75, 3.05) is 45.7 Å². The van der Waals surface area contributed by atoms with E-state index in [1.54, 1.807) is 54.0 Å². The number of carbonyl (C=O) groups is 10. The largest absolute Gasteiger partial charge is 0.497 e. The van der Waals surface area contributed by atoms with Gasteiger partial charge in [-0.1, -0.05) is 253 Å². The average molecular weight is 2140 g/mol. The highest BCUT2D eigenvalue weighted by atomic mass is 79.9. The van der Waals surface area contributed by atoms with Crippen LogP contribution in [0.15, 0.2) is 313 Å². The second kappa shape index (κ2) is 45.0. The fourth-order valence-electron chi connectivity index (χ4n) is 17.2. The van der Waals surface area contributed by atoms with Gasteiger partial charge in [-0.3, -0.25) is 88.2 Å². The number of hydrogen-bond donors (Lipinski definition) is 6. The summed E-state index contributed by atoms with van der Waals surface area (Å²) in [6.45, 7) is 2.32. The molecule has 9 aromatic carbocycles. The van der Waals surface area contributed by atoms with Crippen molar-refractivity contribution in [1.29, 1.82) is 0 Å². The SMILES string of the molecule is BrCCc1ccccc1.COc1ccc(Cn2nc(Br)c3c4c(cnc32)C(=O)N(CCc2ccccc2)C4=O)cc1.COc1ccc(Cn2ncc3c4c(cnc32)C(=O)NC4=O)cc1.O=C1c2cnc3[nH]ncc3c2C(=O)N1CCc1ccccc1.O=C1c2cnc3n[nH]c(-c4ccccc4)c3c2C(=O)N1CCc1ccccc1.O=C1c2cnc3n[nH]c(Br)c3c2C(=O)N1CCc1ccccc1.OB(O)c1ccccc1. The summed E-state index contributed by atoms with van der Waals surface area (Å²) in [7, 11) is 1.90. The second-order valence-corrected chi connectivity index (χ2v) is 36.0. The topological polar surface area (TPSA) is 441 Å². The normalized spacial score (nSPS) is 13.0. The standard InChI is InChI=1S/C24H19BrN4O3.C22H16N4O2.C16H11BrN4O2.C16H12N4O3.C16H12N4O2.C8H9Br.C6H7BO2/c1-32-17-9-7-16(8-10-17)14-29-22-20(21(25)27-29)19-18(13-26-22)23(30)28(24(19)31)12-11-15-5-3-2-4-6-15;27-21-16-13-23-20-18(19(24-25-20)15-9-5-2-6-10-15)17(16)22(28)26(21)12-11-14-7-3-1-4-8-14;17-13-12-11-10(8-18-14(12)20-19-13)15(22)21(16(11)23)7-6-9-4-2-1-3-5-9;1-23-10-4-2-9(3-5-10)8-20-14-11(7-18-20)13-12(6-17-14)15(21)19-16(13)22;21-15-12-8-17-14-11(9-18-19-14)13(12)16(22)20(15)7-6-10-4-2-1-3-5-10;9-7-6-8-4-2-1-3-5-8;8-7(9)6-4-2-1-3-5-6/h2-10,13H,11-12,14H2,1H3;1-10,13H,11-12H2,(H,23,24,25);1-5,8H,6-7H2,(H,18,19,20);2-7H,8H2,1H3,(H,19,21,22);1-5,8-9H,6-7H2,(H,17,18,19);1-5H,6-7H2;1-5,8-9H. The lowest BCUT2D eigenvalue weighted by Gasteiger charge is -2.13. The first kappa shape index (κ1) is 99.0. The molecular formula is C108H86BBr3N20O14. The molecule has 0 saturated carbocycles. The van der Waals surface area contributed by atoms with Gasteiger partial charge in [-0.15, -0.1) is 0 Å². The van der Waals surface area contributed by atoms with Crippen LogP contribution in [0.1, 0.15) is 143 Å². The zero-order valence-electron chi connectivity index (χ0n) is 78.0. The summed E-state index contributed by atoms with van der Waals surface area (Å²) < 4.78 is 14.8. The molecule has 5 aliphatic rings. The molecule has 15 heterocycles. The van der Waals surface area contributed by atoms with Gasteiger partial charge in [-0.2, -0.15) is 25.5 Å². The van der Waals surface area contributed by atoms with E-state index >= 15 is 0 Å². The maximum absolute atomic E-state index is 13.2. The molecule has 0 bridgehead atoms. The van der Waals surface area contributed by atoms with Gasteiger partial charge in [0.25, 0.3) is 59.1 Å². The van der Waals surface area contributed by atoms with Gasteiger partial charge in [0.2, 0.25) is 0 Å². The lowest BCUT2D eigenvalue weighted by Crippen LogP contribution is -2.31. The number of nitrogens with zero attached hydrogens (tertiary/aromatic N) is 16. The van der Waals surface area contributed by atoms with Crippen LogP contribution in [0, 0.1) is 0 Å². The van der Waals surface area contributed by atoms with Crippen LogP contribution in [0.25, 0.3) is 66.4 Å². The number of hydrogen-bond acceptors (Lipinski definition) is 24. The number of nitrogens with one attached hydrogen (secondary N) is 4. The number of imide groups is 5. The van der Waals surface area contributed by atoms with E-state index in [1.165, 1.54) is 62.3 Å². The van der Waals surface area contributed by atoms with Gasteiger partial charge in [0.1, 0.15) is 20.7 Å². The zero-order valence-corrected chi connectivity index (χ0v) is 82.8. The predicted molar refractivity (Wildman–Crippen MR) is 556 cm³/mol. The second-order valence-electron chi connectivity index (χ2n) is 33.6. The minimum Gasteiger partial charge on any atom is -0.497 e. The van der Waals surface area contributed by atoms with Crippen molar-refractivity contribution in [1.82, 2.24) is 100.0 Å². The quantitative estimate of drug-likeness (QED) is 0.0208. The summed E-state index contributed by atoms with van der Waals surface area (Å²) in [5.41, 5.74) is 15.9. The first-order valence-corrected chi connectivity index (χ1v) is 48.7. The zero-order chi connectivity index (χ0) is 102. The maximum Gasteiger partial charge on any atom is 0.488 e. The Labute approximate surface area is 857 Å². The molecule has 0 unspecified atom stereocenters. The molecule has 0 aliphatic carbocycles. The highest BCUT2D eigenvalue weighted by Crippen LogP contribution is 2.39. The number of pyridine rings is 5. The number of amides is 10. The number of carbonyl (C=O) groups excluding carboxylic acids is 10. The molecule has 0 saturated heterocycles. The molecule has 0 fully saturated rings. The third kappa shape index (κ3) is 21.2. The monoisotopic (exact) mass is 2130 g/mol. The van der Waals surface area contributed by atoms with Crippen molar-refractivity contribution in [2.45, 2.75) is 45.2 Å². The minimum atomic E-state index is -1.34. The van der Waals surface area contributed by atoms with E-state index in [9.17, 15) is 47.9 Å². The number of aryl methyl sites for hydroxylation is 1. The molecule has 24 rings (SSSR count). The molecule has 19 aromatic rings. The molecule has 38 heteroatoms. The number of benzene rings is 9. The molecule has 726 valence electrons. The molecule has 10 aromatic heterocycles. The van der Waals surface area contributed by atoms with E-state index in [1.807, 2.05) is 212 Å². The Hall–Kier alpha value is -17.2. The van der Waals surface area contributed by atoms with Gasteiger partial charge in [-0.05, 0) is 133 Å². The molecule has 6 N–H and O–H groups in total. The van der Waals surface area contributed by atoms with E-state index in [-0.39, 0.29) is 47.3 Å². The molecule has 0 atom stereocenters. The van der Waals surface area contributed by atoms with Crippen LogP contribution >= 0.6 is 47.8 Å². The van der Waals surface area contributed by atoms with Crippen LogP contribution in [-0.2, 0) is 45.2 Å². The Balaban J connectivity index is 0.000000115. The van der Waals surface area contributed by atoms with E-state index in [4.69, 9.17) is 19.5 Å². The highest BCUT2D eigenvalue weighted by molar-refractivity contribution is 9.11. The molecule has 5 aliphatic heterocycles. The van der Waals surface area contributed by atoms with Crippen LogP contribution in [0.3, 0.4) is 0 Å². The van der Waals surface area contributed by atoms with Crippen molar-refractivity contribution >= 4 is 175 Å². The fraction of sp³-hybridized carbons (Fsp3) is 0.130. The molecular weight excluding hydrogens is 2050 g/mol. The summed E-state index contributed by atoms with van der Waals surface area (Å²) >= 11 is 10.2. The Morgan fingerprint density at radius 2 is 0.740 bits per heavy atom. The van der Waals surface area contributed by atoms with Crippen LogP contribution in [0.5, 0.6) is 11.5 Å². The number of aromatic amines is 3. The summed E-state index contributed by atoms with van der Waals surface area (Å²) in [6.07, 6.45) is 13.9. The van der Waals surface area contributed by atoms with E-state index < -0.39 is 18.9 Å². The smallest absolute Gasteiger partial charge is 0.488 e. The van der Waals surface area contributed by atoms with Crippen molar-refractivity contribution < 1.29 is 67.5 Å². The molecule has 0 radical (unpaired) electrons. The molecule has 146 heavy (non-hydrogen) atoms. The summed E-state index contributed by atoms with van der Waals surface area (Å²) in [6, 6.07) is 83.2. The number of aromatic nitrogens is 15. The van der Waals surface area contributed by atoms with E-state index in [0.29, 0.717) is 196 Å². The average Bonchev–Trinajstić information content (AvgIpc) is 1.57. The third-order valence-electron chi connectivity index (χ3n) is 24.7. The van der Waals surface area contributed by atoms with Gasteiger partial charge >= 0.3 is 7.12 Å². The number of alkyl halides is 1. The van der Waals surface area contributed by atoms with E-state index in [2.05, 4.69) is 143 Å². The van der Waals surface area contributed by atoms with Gasteiger partial charge in [0, 0.05) is 68.1 Å². The van der Waals surface area contributed by atoms with Gasteiger partial charge in [-0.25, -0.2) is 34.3 Å². The Kier molecular flexibility index (Phi) is 30.5. The van der Waals surface area contributed by atoms with Crippen LogP contribution in [0.4, 0.5) is 0 Å². The number of methoxy groups -OCH3 is 2. The summed E-state index contributed by atoms with van der Waals surface area (Å²) in [4.78, 5) is 153. The minimum absolute atomic E-state index is 0.273. The first-order chi connectivity index (χ1) is 71.1.